The first-order chi connectivity index (χ1) is 12.4. The molecule has 2 aliphatic carbocycles. The van der Waals surface area contributed by atoms with Crippen LogP contribution in [0.4, 0.5) is 0 Å². The quantitative estimate of drug-likeness (QED) is 0.838. The standard InChI is InChI=1S/C22H27N3/c23-11-12-24-13-14-25-20-10-9-17(16-5-2-1-3-6-16)15-19(20)18-7-4-8-21(24)22(18)25/h9-10,15-16,21H,1-8,12-14H2/p+1/t21-/m1/s1. The predicted octanol–water partition coefficient (Wildman–Crippen LogP) is 3.49. The summed E-state index contributed by atoms with van der Waals surface area (Å²) in [4.78, 5) is 1.49. The van der Waals surface area contributed by atoms with Crippen molar-refractivity contribution >= 4 is 10.9 Å². The Labute approximate surface area is 150 Å². The van der Waals surface area contributed by atoms with Gasteiger partial charge in [0.2, 0.25) is 0 Å². The van der Waals surface area contributed by atoms with Gasteiger partial charge >= 0.3 is 0 Å². The first-order valence-corrected chi connectivity index (χ1v) is 10.2. The zero-order valence-corrected chi connectivity index (χ0v) is 15.1. The third-order valence-corrected chi connectivity index (χ3v) is 7.02. The van der Waals surface area contributed by atoms with Crippen LogP contribution in [0.3, 0.4) is 0 Å². The molecule has 1 saturated carbocycles. The second-order valence-corrected chi connectivity index (χ2v) is 8.31. The molecule has 1 aromatic carbocycles. The highest BCUT2D eigenvalue weighted by molar-refractivity contribution is 5.87. The fourth-order valence-electron chi connectivity index (χ4n) is 5.81. The number of benzene rings is 1. The molecule has 1 aliphatic heterocycles. The molecule has 2 aromatic rings. The van der Waals surface area contributed by atoms with Gasteiger partial charge in [0, 0.05) is 17.3 Å². The Morgan fingerprint density at radius 1 is 1.12 bits per heavy atom. The van der Waals surface area contributed by atoms with E-state index in [1.165, 1.54) is 67.2 Å². The summed E-state index contributed by atoms with van der Waals surface area (Å²) in [6.07, 6.45) is 10.7. The number of nitriles is 1. The zero-order chi connectivity index (χ0) is 16.8. The lowest BCUT2D eigenvalue weighted by Crippen LogP contribution is -3.13. The van der Waals surface area contributed by atoms with E-state index in [-0.39, 0.29) is 0 Å². The average Bonchev–Trinajstić information content (AvgIpc) is 3.00. The van der Waals surface area contributed by atoms with E-state index in [0.29, 0.717) is 12.6 Å². The largest absolute Gasteiger partial charge is 0.334 e. The fraction of sp³-hybridized carbons (Fsp3) is 0.591. The number of rotatable bonds is 2. The number of aryl methyl sites for hydroxylation is 1. The molecule has 0 spiro atoms. The van der Waals surface area contributed by atoms with Crippen molar-refractivity contribution in [1.29, 1.82) is 5.26 Å². The number of nitrogens with zero attached hydrogens (tertiary/aromatic N) is 2. The molecule has 2 heterocycles. The predicted molar refractivity (Wildman–Crippen MR) is 99.8 cm³/mol. The van der Waals surface area contributed by atoms with E-state index in [9.17, 15) is 5.26 Å². The Balaban J connectivity index is 1.61. The molecule has 130 valence electrons. The van der Waals surface area contributed by atoms with Crippen molar-refractivity contribution in [2.75, 3.05) is 13.1 Å². The summed E-state index contributed by atoms with van der Waals surface area (Å²) >= 11 is 0. The fourth-order valence-corrected chi connectivity index (χ4v) is 5.81. The molecule has 5 rings (SSSR count). The van der Waals surface area contributed by atoms with Crippen LogP contribution in [0.1, 0.15) is 73.7 Å². The van der Waals surface area contributed by atoms with Gasteiger partial charge in [0.15, 0.2) is 6.54 Å². The Bertz CT molecular complexity index is 835. The summed E-state index contributed by atoms with van der Waals surface area (Å²) in [5.41, 5.74) is 6.21. The van der Waals surface area contributed by atoms with Crippen LogP contribution in [-0.4, -0.2) is 17.7 Å². The van der Waals surface area contributed by atoms with Crippen LogP contribution in [0.5, 0.6) is 0 Å². The van der Waals surface area contributed by atoms with E-state index in [0.717, 1.165) is 19.0 Å². The van der Waals surface area contributed by atoms with Gasteiger partial charge in [0.25, 0.3) is 0 Å². The number of hydrogen-bond acceptors (Lipinski definition) is 1. The van der Waals surface area contributed by atoms with E-state index in [4.69, 9.17) is 0 Å². The monoisotopic (exact) mass is 334 g/mol. The van der Waals surface area contributed by atoms with E-state index < -0.39 is 0 Å². The van der Waals surface area contributed by atoms with E-state index in [2.05, 4.69) is 28.8 Å². The molecule has 3 nitrogen and oxygen atoms in total. The van der Waals surface area contributed by atoms with Crippen molar-refractivity contribution in [2.24, 2.45) is 0 Å². The molecule has 2 atom stereocenters. The van der Waals surface area contributed by atoms with Crippen molar-refractivity contribution in [3.8, 4) is 6.07 Å². The molecule has 0 amide bonds. The van der Waals surface area contributed by atoms with Gasteiger partial charge in [-0.3, -0.25) is 0 Å². The van der Waals surface area contributed by atoms with E-state index in [1.54, 1.807) is 16.8 Å². The van der Waals surface area contributed by atoms with Gasteiger partial charge in [0.1, 0.15) is 12.1 Å². The van der Waals surface area contributed by atoms with Crippen molar-refractivity contribution < 1.29 is 4.90 Å². The van der Waals surface area contributed by atoms with Crippen molar-refractivity contribution in [1.82, 2.24) is 4.57 Å². The summed E-state index contributed by atoms with van der Waals surface area (Å²) in [6, 6.07) is 10.3. The zero-order valence-electron chi connectivity index (χ0n) is 15.1. The Morgan fingerprint density at radius 3 is 2.84 bits per heavy atom. The van der Waals surface area contributed by atoms with Crippen molar-refractivity contribution in [3.05, 3.63) is 35.0 Å². The summed E-state index contributed by atoms with van der Waals surface area (Å²) in [5, 5.41) is 10.7. The number of fused-ring (bicyclic) bond motifs is 3. The van der Waals surface area contributed by atoms with E-state index in [1.807, 2.05) is 0 Å². The lowest BCUT2D eigenvalue weighted by molar-refractivity contribution is -0.930. The normalized spacial score (nSPS) is 26.4. The molecule has 0 radical (unpaired) electrons. The number of nitrogens with one attached hydrogen (secondary N) is 1. The van der Waals surface area contributed by atoms with Gasteiger partial charge in [-0.2, -0.15) is 5.26 Å². The molecule has 1 aromatic heterocycles. The van der Waals surface area contributed by atoms with Crippen molar-refractivity contribution in [3.63, 3.8) is 0 Å². The molecule has 0 saturated heterocycles. The highest BCUT2D eigenvalue weighted by atomic mass is 15.2. The smallest absolute Gasteiger partial charge is 0.165 e. The minimum atomic E-state index is 0.544. The number of aromatic nitrogens is 1. The summed E-state index contributed by atoms with van der Waals surface area (Å²) in [5.74, 6) is 0.780. The maximum atomic E-state index is 9.21. The minimum Gasteiger partial charge on any atom is -0.334 e. The van der Waals surface area contributed by atoms with Gasteiger partial charge in [0.05, 0.1) is 18.8 Å². The highest BCUT2D eigenvalue weighted by Gasteiger charge is 2.37. The maximum absolute atomic E-state index is 9.21. The van der Waals surface area contributed by atoms with E-state index >= 15 is 0 Å². The number of quaternary nitrogens is 1. The van der Waals surface area contributed by atoms with Crippen LogP contribution < -0.4 is 4.90 Å². The minimum absolute atomic E-state index is 0.544. The summed E-state index contributed by atoms with van der Waals surface area (Å²) in [6.45, 7) is 2.82. The molecule has 1 N–H and O–H groups in total. The third kappa shape index (κ3) is 2.42. The molecular formula is C22H28N3+. The van der Waals surface area contributed by atoms with Crippen LogP contribution in [0.2, 0.25) is 0 Å². The third-order valence-electron chi connectivity index (χ3n) is 7.02. The van der Waals surface area contributed by atoms with Crippen LogP contribution in [0, 0.1) is 11.3 Å². The van der Waals surface area contributed by atoms with Gasteiger partial charge < -0.3 is 9.47 Å². The second-order valence-electron chi connectivity index (χ2n) is 8.31. The first-order valence-electron chi connectivity index (χ1n) is 10.2. The van der Waals surface area contributed by atoms with Crippen LogP contribution in [0.15, 0.2) is 18.2 Å². The van der Waals surface area contributed by atoms with Gasteiger partial charge in [-0.25, -0.2) is 0 Å². The molecule has 3 aliphatic rings. The van der Waals surface area contributed by atoms with Crippen LogP contribution in [0.25, 0.3) is 10.9 Å². The Morgan fingerprint density at radius 2 is 2.00 bits per heavy atom. The average molecular weight is 334 g/mol. The van der Waals surface area contributed by atoms with Crippen molar-refractivity contribution in [2.45, 2.75) is 69.9 Å². The molecule has 1 fully saturated rings. The van der Waals surface area contributed by atoms with Gasteiger partial charge in [-0.1, -0.05) is 25.3 Å². The lowest BCUT2D eigenvalue weighted by Gasteiger charge is -2.35. The molecule has 1 unspecified atom stereocenters. The SMILES string of the molecule is N#CC[NH+]1CCn2c3c(c4cc(C5CCCCC5)ccc42)CCC[C@H]31. The topological polar surface area (TPSA) is 33.2 Å². The highest BCUT2D eigenvalue weighted by Crippen LogP contribution is 2.40. The summed E-state index contributed by atoms with van der Waals surface area (Å²) in [7, 11) is 0. The summed E-state index contributed by atoms with van der Waals surface area (Å²) < 4.78 is 2.60. The molecule has 0 bridgehead atoms. The molecule has 3 heteroatoms. The van der Waals surface area contributed by atoms with Gasteiger partial charge in [-0.05, 0) is 54.9 Å². The molecule has 25 heavy (non-hydrogen) atoms. The van der Waals surface area contributed by atoms with Crippen LogP contribution >= 0.6 is 0 Å². The lowest BCUT2D eigenvalue weighted by atomic mass is 9.83. The maximum Gasteiger partial charge on any atom is 0.165 e. The molecular weight excluding hydrogens is 306 g/mol. The Hall–Kier alpha value is -1.79. The Kier molecular flexibility index (Phi) is 3.82. The van der Waals surface area contributed by atoms with Crippen LogP contribution in [-0.2, 0) is 13.0 Å². The number of hydrogen-bond donors (Lipinski definition) is 1. The van der Waals surface area contributed by atoms with Gasteiger partial charge in [-0.15, -0.1) is 0 Å². The second kappa shape index (κ2) is 6.18. The first kappa shape index (κ1) is 15.5.